The zero-order chi connectivity index (χ0) is 21.0. The first-order valence-electron chi connectivity index (χ1n) is 8.66. The zero-order valence-electron chi connectivity index (χ0n) is 15.5. The van der Waals surface area contributed by atoms with E-state index in [1.54, 1.807) is 54.6 Å². The van der Waals surface area contributed by atoms with Crippen LogP contribution in [0, 0.1) is 6.92 Å². The molecule has 0 aliphatic heterocycles. The third kappa shape index (κ3) is 5.38. The van der Waals surface area contributed by atoms with Gasteiger partial charge in [-0.05, 0) is 61.5 Å². The third-order valence-corrected chi connectivity index (χ3v) is 6.65. The van der Waals surface area contributed by atoms with Crippen LogP contribution in [0.25, 0.3) is 0 Å². The van der Waals surface area contributed by atoms with Gasteiger partial charge in [-0.15, -0.1) is 0 Å². The van der Waals surface area contributed by atoms with Gasteiger partial charge in [0.1, 0.15) is 6.54 Å². The Balaban J connectivity index is 1.93. The second kappa shape index (κ2) is 8.98. The van der Waals surface area contributed by atoms with Crippen LogP contribution in [0.4, 0.5) is 11.4 Å². The van der Waals surface area contributed by atoms with E-state index in [-0.39, 0.29) is 11.4 Å². The van der Waals surface area contributed by atoms with E-state index in [4.69, 9.17) is 11.6 Å². The number of benzene rings is 3. The molecule has 3 aromatic carbocycles. The number of nitrogens with one attached hydrogen (secondary N) is 1. The van der Waals surface area contributed by atoms with Crippen molar-refractivity contribution in [3.63, 3.8) is 0 Å². The molecule has 0 unspecified atom stereocenters. The number of carbonyl (C=O) groups excluding carboxylic acids is 1. The molecule has 1 N–H and O–H groups in total. The number of anilines is 2. The van der Waals surface area contributed by atoms with Crippen molar-refractivity contribution in [2.45, 2.75) is 11.8 Å². The minimum Gasteiger partial charge on any atom is -0.324 e. The van der Waals surface area contributed by atoms with Gasteiger partial charge >= 0.3 is 0 Å². The fraction of sp³-hybridized carbons (Fsp3) is 0.0952. The number of halogens is 2. The van der Waals surface area contributed by atoms with Gasteiger partial charge < -0.3 is 5.32 Å². The fourth-order valence-corrected chi connectivity index (χ4v) is 4.60. The molecule has 29 heavy (non-hydrogen) atoms. The van der Waals surface area contributed by atoms with Crippen LogP contribution >= 0.6 is 27.5 Å². The molecule has 3 rings (SSSR count). The van der Waals surface area contributed by atoms with Gasteiger partial charge in [0.05, 0.1) is 10.6 Å². The Morgan fingerprint density at radius 2 is 1.69 bits per heavy atom. The molecule has 0 aliphatic carbocycles. The van der Waals surface area contributed by atoms with E-state index in [0.717, 1.165) is 14.3 Å². The van der Waals surface area contributed by atoms with Crippen LogP contribution in [0.15, 0.2) is 82.2 Å². The second-order valence-electron chi connectivity index (χ2n) is 6.36. The summed E-state index contributed by atoms with van der Waals surface area (Å²) in [6.45, 7) is 1.49. The van der Waals surface area contributed by atoms with Crippen LogP contribution in [0.3, 0.4) is 0 Å². The molecule has 3 aromatic rings. The van der Waals surface area contributed by atoms with Gasteiger partial charge in [-0.2, -0.15) is 0 Å². The zero-order valence-corrected chi connectivity index (χ0v) is 18.6. The average molecular weight is 494 g/mol. The lowest BCUT2D eigenvalue weighted by Gasteiger charge is -2.24. The highest BCUT2D eigenvalue weighted by Crippen LogP contribution is 2.26. The third-order valence-electron chi connectivity index (χ3n) is 4.12. The molecule has 5 nitrogen and oxygen atoms in total. The molecule has 0 radical (unpaired) electrons. The van der Waals surface area contributed by atoms with E-state index < -0.39 is 15.9 Å². The second-order valence-corrected chi connectivity index (χ2v) is 9.57. The first kappa shape index (κ1) is 21.4. The molecule has 0 aromatic heterocycles. The Morgan fingerprint density at radius 3 is 2.31 bits per heavy atom. The highest BCUT2D eigenvalue weighted by molar-refractivity contribution is 9.10. The van der Waals surface area contributed by atoms with Crippen molar-refractivity contribution in [1.82, 2.24) is 0 Å². The van der Waals surface area contributed by atoms with Crippen molar-refractivity contribution in [1.29, 1.82) is 0 Å². The van der Waals surface area contributed by atoms with E-state index in [1.165, 1.54) is 12.1 Å². The van der Waals surface area contributed by atoms with E-state index >= 15 is 0 Å². The smallest absolute Gasteiger partial charge is 0.264 e. The molecule has 1 amide bonds. The van der Waals surface area contributed by atoms with E-state index in [0.29, 0.717) is 16.4 Å². The van der Waals surface area contributed by atoms with Crippen molar-refractivity contribution < 1.29 is 13.2 Å². The van der Waals surface area contributed by atoms with Crippen molar-refractivity contribution in [3.05, 3.63) is 87.9 Å². The van der Waals surface area contributed by atoms with Crippen molar-refractivity contribution in [2.24, 2.45) is 0 Å². The molecule has 0 fully saturated rings. The topological polar surface area (TPSA) is 66.5 Å². The maximum atomic E-state index is 13.3. The summed E-state index contributed by atoms with van der Waals surface area (Å²) < 4.78 is 28.4. The lowest BCUT2D eigenvalue weighted by atomic mass is 10.2. The van der Waals surface area contributed by atoms with Crippen molar-refractivity contribution >= 4 is 54.8 Å². The fourth-order valence-electron chi connectivity index (χ4n) is 2.66. The molecule has 0 saturated carbocycles. The summed E-state index contributed by atoms with van der Waals surface area (Å²) in [6.07, 6.45) is 0. The Labute approximate surface area is 183 Å². The van der Waals surface area contributed by atoms with Crippen LogP contribution in [-0.2, 0) is 14.8 Å². The molecule has 0 aliphatic rings. The maximum absolute atomic E-state index is 13.3. The van der Waals surface area contributed by atoms with Gasteiger partial charge in [0, 0.05) is 15.2 Å². The van der Waals surface area contributed by atoms with Gasteiger partial charge in [-0.1, -0.05) is 51.3 Å². The summed E-state index contributed by atoms with van der Waals surface area (Å²) >= 11 is 9.29. The maximum Gasteiger partial charge on any atom is 0.264 e. The molecule has 0 atom stereocenters. The van der Waals surface area contributed by atoms with Gasteiger partial charge in [0.15, 0.2) is 0 Å². The van der Waals surface area contributed by atoms with Gasteiger partial charge in [-0.25, -0.2) is 8.42 Å². The quantitative estimate of drug-likeness (QED) is 0.510. The van der Waals surface area contributed by atoms with Crippen LogP contribution < -0.4 is 9.62 Å². The number of nitrogens with zero attached hydrogens (tertiary/aromatic N) is 1. The summed E-state index contributed by atoms with van der Waals surface area (Å²) in [5.41, 5.74) is 1.85. The number of hydrogen-bond acceptors (Lipinski definition) is 3. The number of sulfonamides is 1. The Bertz CT molecular complexity index is 1120. The van der Waals surface area contributed by atoms with E-state index in [1.807, 2.05) is 13.0 Å². The first-order valence-corrected chi connectivity index (χ1v) is 11.3. The monoisotopic (exact) mass is 492 g/mol. The molecular formula is C21H18BrClN2O3S. The van der Waals surface area contributed by atoms with Crippen LogP contribution in [0.1, 0.15) is 5.56 Å². The predicted octanol–water partition coefficient (Wildman–Crippen LogP) is 5.24. The number of carbonyl (C=O) groups is 1. The average Bonchev–Trinajstić information content (AvgIpc) is 2.67. The lowest BCUT2D eigenvalue weighted by Crippen LogP contribution is -2.38. The molecule has 0 saturated heterocycles. The van der Waals surface area contributed by atoms with Crippen LogP contribution in [0.2, 0.25) is 5.02 Å². The summed E-state index contributed by atoms with van der Waals surface area (Å²) in [5, 5.41) is 3.20. The Hall–Kier alpha value is -2.35. The summed E-state index contributed by atoms with van der Waals surface area (Å²) in [6, 6.07) is 19.9. The lowest BCUT2D eigenvalue weighted by molar-refractivity contribution is -0.114. The SMILES string of the molecule is Cc1ccc(S(=O)(=O)N(CC(=O)Nc2cccc(Br)c2)c2ccc(Cl)cc2)cc1. The molecule has 0 heterocycles. The minimum atomic E-state index is -3.96. The highest BCUT2D eigenvalue weighted by atomic mass is 79.9. The van der Waals surface area contributed by atoms with Crippen LogP contribution in [-0.4, -0.2) is 20.9 Å². The first-order chi connectivity index (χ1) is 13.8. The van der Waals surface area contributed by atoms with Crippen molar-refractivity contribution in [3.8, 4) is 0 Å². The molecule has 0 bridgehead atoms. The van der Waals surface area contributed by atoms with Gasteiger partial charge in [0.25, 0.3) is 10.0 Å². The van der Waals surface area contributed by atoms with Crippen molar-refractivity contribution in [2.75, 3.05) is 16.2 Å². The van der Waals surface area contributed by atoms with Crippen LogP contribution in [0.5, 0.6) is 0 Å². The summed E-state index contributed by atoms with van der Waals surface area (Å²) in [4.78, 5) is 12.8. The number of aryl methyl sites for hydroxylation is 1. The van der Waals surface area contributed by atoms with E-state index in [9.17, 15) is 13.2 Å². The molecule has 8 heteroatoms. The van der Waals surface area contributed by atoms with E-state index in [2.05, 4.69) is 21.2 Å². The number of amides is 1. The number of hydrogen-bond donors (Lipinski definition) is 1. The Morgan fingerprint density at radius 1 is 1.03 bits per heavy atom. The number of rotatable bonds is 6. The molecule has 150 valence electrons. The van der Waals surface area contributed by atoms with Gasteiger partial charge in [0.2, 0.25) is 5.91 Å². The minimum absolute atomic E-state index is 0.105. The highest BCUT2D eigenvalue weighted by Gasteiger charge is 2.27. The summed E-state index contributed by atoms with van der Waals surface area (Å²) in [5.74, 6) is -0.464. The predicted molar refractivity (Wildman–Crippen MR) is 120 cm³/mol. The largest absolute Gasteiger partial charge is 0.324 e. The summed E-state index contributed by atoms with van der Waals surface area (Å²) in [7, 11) is -3.96. The normalized spacial score (nSPS) is 11.1. The van der Waals surface area contributed by atoms with Gasteiger partial charge in [-0.3, -0.25) is 9.10 Å². The Kier molecular flexibility index (Phi) is 6.62. The standard InChI is InChI=1S/C21H18BrClN2O3S/c1-15-5-11-20(12-6-15)29(27,28)25(19-9-7-17(23)8-10-19)14-21(26)24-18-4-2-3-16(22)13-18/h2-13H,14H2,1H3,(H,24,26). The molecule has 0 spiro atoms. The molecular weight excluding hydrogens is 476 g/mol.